The van der Waals surface area contributed by atoms with Crippen LogP contribution in [0.2, 0.25) is 0 Å². The number of carbonyl (C=O) groups excluding carboxylic acids is 1. The molecule has 3 aliphatic carbocycles. The first-order chi connectivity index (χ1) is 16.3. The summed E-state index contributed by atoms with van der Waals surface area (Å²) in [5, 5.41) is 9.18. The number of aromatic carboxylic acids is 1. The van der Waals surface area contributed by atoms with Crippen LogP contribution >= 0.6 is 0 Å². The Morgan fingerprint density at radius 1 is 0.941 bits per heavy atom. The number of anilines is 1. The molecule has 2 aromatic carbocycles. The van der Waals surface area contributed by atoms with Crippen molar-refractivity contribution in [2.45, 2.75) is 58.5 Å². The number of carboxylic acids is 1. The third-order valence-corrected chi connectivity index (χ3v) is 9.26. The predicted molar refractivity (Wildman–Crippen MR) is 134 cm³/mol. The van der Waals surface area contributed by atoms with Gasteiger partial charge >= 0.3 is 5.97 Å². The Labute approximate surface area is 202 Å². The third kappa shape index (κ3) is 3.89. The van der Waals surface area contributed by atoms with Crippen LogP contribution in [0.3, 0.4) is 0 Å². The number of carboxylic acid groups (broad SMARTS) is 1. The van der Waals surface area contributed by atoms with Gasteiger partial charge in [-0.25, -0.2) is 4.79 Å². The van der Waals surface area contributed by atoms with Gasteiger partial charge in [0.05, 0.1) is 5.56 Å². The lowest BCUT2D eigenvalue weighted by atomic mass is 9.44. The van der Waals surface area contributed by atoms with Crippen LogP contribution in [0, 0.1) is 23.2 Å². The maximum absolute atomic E-state index is 13.9. The maximum atomic E-state index is 13.9. The highest BCUT2D eigenvalue weighted by molar-refractivity contribution is 5.94. The smallest absolute Gasteiger partial charge is 0.335 e. The second-order valence-electron chi connectivity index (χ2n) is 11.2. The van der Waals surface area contributed by atoms with Crippen molar-refractivity contribution in [1.29, 1.82) is 0 Å². The molecule has 4 atom stereocenters. The van der Waals surface area contributed by atoms with E-state index in [2.05, 4.69) is 30.6 Å². The Morgan fingerprint density at radius 2 is 1.59 bits per heavy atom. The van der Waals surface area contributed by atoms with E-state index in [4.69, 9.17) is 0 Å². The van der Waals surface area contributed by atoms with Gasteiger partial charge in [0, 0.05) is 36.4 Å². The molecule has 6 rings (SSSR count). The average molecular weight is 461 g/mol. The molecule has 1 amide bonds. The van der Waals surface area contributed by atoms with Gasteiger partial charge in [0.2, 0.25) is 0 Å². The Hall–Kier alpha value is -2.82. The zero-order valence-electron chi connectivity index (χ0n) is 20.5. The number of benzene rings is 2. The average Bonchev–Trinajstić information content (AvgIpc) is 2.85. The lowest BCUT2D eigenvalue weighted by Crippen LogP contribution is -2.63. The molecule has 4 fully saturated rings. The van der Waals surface area contributed by atoms with E-state index < -0.39 is 5.97 Å². The van der Waals surface area contributed by atoms with E-state index in [-0.39, 0.29) is 11.9 Å². The summed E-state index contributed by atoms with van der Waals surface area (Å²) < 4.78 is 0. The van der Waals surface area contributed by atoms with E-state index in [0.29, 0.717) is 34.8 Å². The van der Waals surface area contributed by atoms with E-state index in [1.165, 1.54) is 6.42 Å². The van der Waals surface area contributed by atoms with Crippen LogP contribution < -0.4 is 4.90 Å². The molecule has 180 valence electrons. The second kappa shape index (κ2) is 8.75. The lowest BCUT2D eigenvalue weighted by Gasteiger charge is -2.64. The van der Waals surface area contributed by atoms with Crippen molar-refractivity contribution in [3.8, 4) is 0 Å². The number of amides is 1. The van der Waals surface area contributed by atoms with Gasteiger partial charge in [0.15, 0.2) is 0 Å². The monoisotopic (exact) mass is 460 g/mol. The minimum Gasteiger partial charge on any atom is -0.478 e. The van der Waals surface area contributed by atoms with Crippen molar-refractivity contribution in [3.05, 3.63) is 65.7 Å². The molecule has 3 saturated carbocycles. The Bertz CT molecular complexity index is 1040. The Balaban J connectivity index is 1.35. The minimum atomic E-state index is -0.900. The van der Waals surface area contributed by atoms with E-state index in [9.17, 15) is 14.7 Å². The SMILES string of the molecule is C[C@@H]1[C@@H](N(C(=O)c2ccccc2)C2CCN(c3ccc(C(=O)O)cc3)CC2)C[C@H]2C[C@@H]1C2(C)C. The van der Waals surface area contributed by atoms with Gasteiger partial charge in [-0.05, 0) is 85.3 Å². The van der Waals surface area contributed by atoms with E-state index in [1.54, 1.807) is 12.1 Å². The number of piperidine rings is 1. The topological polar surface area (TPSA) is 60.9 Å². The number of hydrogen-bond donors (Lipinski definition) is 1. The normalized spacial score (nSPS) is 28.1. The summed E-state index contributed by atoms with van der Waals surface area (Å²) in [6.07, 6.45) is 4.28. The zero-order chi connectivity index (χ0) is 24.0. The highest BCUT2D eigenvalue weighted by Crippen LogP contribution is 2.62. The van der Waals surface area contributed by atoms with Gasteiger partial charge in [-0.2, -0.15) is 0 Å². The first-order valence-corrected chi connectivity index (χ1v) is 12.7. The van der Waals surface area contributed by atoms with Gasteiger partial charge in [0.1, 0.15) is 0 Å². The van der Waals surface area contributed by atoms with Gasteiger partial charge < -0.3 is 14.9 Å². The molecule has 2 bridgehead atoms. The largest absolute Gasteiger partial charge is 0.478 e. The van der Waals surface area contributed by atoms with Crippen molar-refractivity contribution in [2.75, 3.05) is 18.0 Å². The summed E-state index contributed by atoms with van der Waals surface area (Å²) in [6, 6.07) is 17.5. The molecular formula is C29H36N2O3. The maximum Gasteiger partial charge on any atom is 0.335 e. The molecule has 5 nitrogen and oxygen atoms in total. The molecule has 1 N–H and O–H groups in total. The Kier molecular flexibility index (Phi) is 5.91. The second-order valence-corrected chi connectivity index (χ2v) is 11.2. The van der Waals surface area contributed by atoms with Gasteiger partial charge in [0.25, 0.3) is 5.91 Å². The summed E-state index contributed by atoms with van der Waals surface area (Å²) in [5.74, 6) is 1.19. The molecule has 0 radical (unpaired) electrons. The van der Waals surface area contributed by atoms with E-state index >= 15 is 0 Å². The van der Waals surface area contributed by atoms with Crippen LogP contribution in [0.1, 0.15) is 67.2 Å². The van der Waals surface area contributed by atoms with Crippen molar-refractivity contribution < 1.29 is 14.7 Å². The fourth-order valence-corrected chi connectivity index (χ4v) is 7.02. The van der Waals surface area contributed by atoms with E-state index in [1.807, 2.05) is 42.5 Å². The molecule has 0 aromatic heterocycles. The van der Waals surface area contributed by atoms with E-state index in [0.717, 1.165) is 43.6 Å². The summed E-state index contributed by atoms with van der Waals surface area (Å²) in [5.41, 5.74) is 2.55. The van der Waals surface area contributed by atoms with Gasteiger partial charge in [-0.1, -0.05) is 39.0 Å². The fraction of sp³-hybridized carbons (Fsp3) is 0.517. The predicted octanol–water partition coefficient (Wildman–Crippen LogP) is 5.57. The lowest BCUT2D eigenvalue weighted by molar-refractivity contribution is -0.137. The standard InChI is InChI=1S/C29H36N2O3/c1-19-25-17-22(29(25,2)3)18-26(19)31(27(32)20-7-5-4-6-8-20)24-13-15-30(16-14-24)23-11-9-21(10-12-23)28(33)34/h4-12,19,22,24-26H,13-18H2,1-3H3,(H,33,34)/t19-,22+,25-,26-/m0/s1. The number of carbonyl (C=O) groups is 2. The minimum absolute atomic E-state index is 0.181. The molecule has 5 heteroatoms. The van der Waals surface area contributed by atoms with Crippen molar-refractivity contribution in [1.82, 2.24) is 4.90 Å². The molecule has 1 aliphatic heterocycles. The molecule has 4 aliphatic rings. The van der Waals surface area contributed by atoms with Crippen LogP contribution in [0.15, 0.2) is 54.6 Å². The highest BCUT2D eigenvalue weighted by atomic mass is 16.4. The molecule has 0 unspecified atom stereocenters. The van der Waals surface area contributed by atoms with Crippen molar-refractivity contribution >= 4 is 17.6 Å². The highest BCUT2D eigenvalue weighted by Gasteiger charge is 2.58. The molecule has 1 heterocycles. The van der Waals surface area contributed by atoms with Crippen LogP contribution in [0.25, 0.3) is 0 Å². The number of fused-ring (bicyclic) bond motifs is 2. The molecule has 1 saturated heterocycles. The molecule has 0 spiro atoms. The number of rotatable bonds is 5. The van der Waals surface area contributed by atoms with Gasteiger partial charge in [-0.3, -0.25) is 4.79 Å². The first kappa shape index (κ1) is 22.9. The summed E-state index contributed by atoms with van der Waals surface area (Å²) in [4.78, 5) is 29.7. The Morgan fingerprint density at radius 3 is 2.15 bits per heavy atom. The molecule has 2 aromatic rings. The zero-order valence-corrected chi connectivity index (χ0v) is 20.5. The number of nitrogens with zero attached hydrogens (tertiary/aromatic N) is 2. The van der Waals surface area contributed by atoms with Crippen LogP contribution in [-0.2, 0) is 0 Å². The summed E-state index contributed by atoms with van der Waals surface area (Å²) in [6.45, 7) is 8.94. The quantitative estimate of drug-likeness (QED) is 0.634. The van der Waals surface area contributed by atoms with Crippen LogP contribution in [-0.4, -0.2) is 47.1 Å². The number of hydrogen-bond acceptors (Lipinski definition) is 3. The van der Waals surface area contributed by atoms with Gasteiger partial charge in [-0.15, -0.1) is 0 Å². The summed E-state index contributed by atoms with van der Waals surface area (Å²) >= 11 is 0. The third-order valence-electron chi connectivity index (χ3n) is 9.26. The fourth-order valence-electron chi connectivity index (χ4n) is 7.02. The van der Waals surface area contributed by atoms with Crippen LogP contribution in [0.5, 0.6) is 0 Å². The molecular weight excluding hydrogens is 424 g/mol. The molecule has 34 heavy (non-hydrogen) atoms. The van der Waals surface area contributed by atoms with Crippen LogP contribution in [0.4, 0.5) is 5.69 Å². The summed E-state index contributed by atoms with van der Waals surface area (Å²) in [7, 11) is 0. The first-order valence-electron chi connectivity index (χ1n) is 12.7. The van der Waals surface area contributed by atoms with Crippen molar-refractivity contribution in [2.24, 2.45) is 23.2 Å². The van der Waals surface area contributed by atoms with Crippen molar-refractivity contribution in [3.63, 3.8) is 0 Å².